The van der Waals surface area contributed by atoms with Crippen molar-refractivity contribution >= 4 is 0 Å². The number of imidazole rings is 1. The van der Waals surface area contributed by atoms with E-state index in [1.54, 1.807) is 24.8 Å². The second kappa shape index (κ2) is 9.99. The van der Waals surface area contributed by atoms with Crippen molar-refractivity contribution in [1.29, 1.82) is 0 Å². The second-order valence-electron chi connectivity index (χ2n) is 3.15. The van der Waals surface area contributed by atoms with E-state index in [-0.39, 0.29) is 32.7 Å². The van der Waals surface area contributed by atoms with Gasteiger partial charge in [0.25, 0.3) is 0 Å². The number of nitrogens with zero attached hydrogens (tertiary/aromatic N) is 3. The molecule has 0 atom stereocenters. The zero-order valence-corrected chi connectivity index (χ0v) is 13.9. The first-order valence-corrected chi connectivity index (χ1v) is 5.63. The van der Waals surface area contributed by atoms with Crippen molar-refractivity contribution < 1.29 is 32.7 Å². The van der Waals surface area contributed by atoms with Crippen molar-refractivity contribution in [3.63, 3.8) is 0 Å². The molecular weight excluding hydrogens is 299 g/mol. The average Bonchev–Trinajstić information content (AvgIpc) is 2.87. The Labute approximate surface area is 134 Å². The minimum Gasteiger partial charge on any atom is -0.375 e. The molecule has 3 nitrogen and oxygen atoms in total. The van der Waals surface area contributed by atoms with Gasteiger partial charge in [-0.25, -0.2) is 4.98 Å². The largest absolute Gasteiger partial charge is 0.375 e. The van der Waals surface area contributed by atoms with Crippen molar-refractivity contribution in [2.75, 3.05) is 0 Å². The number of pyridine rings is 1. The van der Waals surface area contributed by atoms with Crippen molar-refractivity contribution in [3.05, 3.63) is 48.3 Å². The topological polar surface area (TPSA) is 30.7 Å². The molecule has 4 heteroatoms. The van der Waals surface area contributed by atoms with Gasteiger partial charge in [0.15, 0.2) is 0 Å². The number of hydrogen-bond donors (Lipinski definition) is 0. The summed E-state index contributed by atoms with van der Waals surface area (Å²) in [7, 11) is 0. The van der Waals surface area contributed by atoms with Gasteiger partial charge < -0.3 is 9.55 Å². The molecule has 18 heavy (non-hydrogen) atoms. The molecule has 0 N–H and O–H groups in total. The molecule has 0 aliphatic rings. The predicted molar refractivity (Wildman–Crippen MR) is 68.3 cm³/mol. The van der Waals surface area contributed by atoms with Gasteiger partial charge in [0.2, 0.25) is 0 Å². The van der Waals surface area contributed by atoms with Crippen LogP contribution in [0.25, 0.3) is 0 Å². The van der Waals surface area contributed by atoms with E-state index in [9.17, 15) is 0 Å². The summed E-state index contributed by atoms with van der Waals surface area (Å²) in [4.78, 5) is 8.10. The predicted octanol–water partition coefficient (Wildman–Crippen LogP) is 2.46. The van der Waals surface area contributed by atoms with Crippen LogP contribution in [0, 0.1) is 24.8 Å². The molecule has 0 amide bonds. The molecule has 2 rings (SSSR count). The molecule has 0 saturated carbocycles. The van der Waals surface area contributed by atoms with Crippen LogP contribution in [0.15, 0.2) is 31.0 Å². The SMILES string of the molecule is CC.Cc1[c-]cc(C#CCn2ccnc2)nc1.[Y]. The zero-order valence-electron chi connectivity index (χ0n) is 11.0. The third kappa shape index (κ3) is 6.09. The first-order valence-electron chi connectivity index (χ1n) is 5.63. The summed E-state index contributed by atoms with van der Waals surface area (Å²) < 4.78 is 1.91. The van der Waals surface area contributed by atoms with E-state index in [0.717, 1.165) is 11.3 Å². The second-order valence-corrected chi connectivity index (χ2v) is 3.15. The molecule has 0 bridgehead atoms. The standard InChI is InChI=1S/C12H10N3.C2H6.Y/c1-11-4-5-12(14-9-11)3-2-7-15-8-6-13-10-15;1-2;/h5-6,8-10H,7H2,1H3;1-2H3;/q-1;;. The van der Waals surface area contributed by atoms with Gasteiger partial charge in [0.05, 0.1) is 12.9 Å². The molecule has 0 spiro atoms. The number of rotatable bonds is 1. The third-order valence-corrected chi connectivity index (χ3v) is 1.87. The van der Waals surface area contributed by atoms with Crippen molar-refractivity contribution in [3.8, 4) is 11.8 Å². The van der Waals surface area contributed by atoms with E-state index in [4.69, 9.17) is 0 Å². The maximum absolute atomic E-state index is 4.17. The average molecular weight is 315 g/mol. The van der Waals surface area contributed by atoms with E-state index in [1.165, 1.54) is 0 Å². The summed E-state index contributed by atoms with van der Waals surface area (Å²) in [6.07, 6.45) is 7.12. The first-order chi connectivity index (χ1) is 8.34. The fourth-order valence-electron chi connectivity index (χ4n) is 1.09. The van der Waals surface area contributed by atoms with Crippen LogP contribution in [0.5, 0.6) is 0 Å². The Balaban J connectivity index is 0.000000917. The Bertz CT molecular complexity index is 478. The quantitative estimate of drug-likeness (QED) is 0.598. The summed E-state index contributed by atoms with van der Waals surface area (Å²) in [6.45, 7) is 6.59. The van der Waals surface area contributed by atoms with Gasteiger partial charge in [-0.2, -0.15) is 6.07 Å². The van der Waals surface area contributed by atoms with Crippen molar-refractivity contribution in [2.45, 2.75) is 27.3 Å². The van der Waals surface area contributed by atoms with Crippen LogP contribution in [-0.2, 0) is 39.3 Å². The summed E-state index contributed by atoms with van der Waals surface area (Å²) in [5, 5.41) is 0. The van der Waals surface area contributed by atoms with Crippen LogP contribution >= 0.6 is 0 Å². The minimum atomic E-state index is 0. The van der Waals surface area contributed by atoms with Crippen LogP contribution in [0.1, 0.15) is 25.1 Å². The summed E-state index contributed by atoms with van der Waals surface area (Å²) in [6, 6.07) is 4.86. The molecule has 2 aromatic rings. The molecule has 2 heterocycles. The molecule has 1 radical (unpaired) electrons. The van der Waals surface area contributed by atoms with Gasteiger partial charge in [-0.15, -0.1) is 17.6 Å². The van der Waals surface area contributed by atoms with Crippen molar-refractivity contribution in [1.82, 2.24) is 14.5 Å². The van der Waals surface area contributed by atoms with Gasteiger partial charge in [-0.05, 0) is 5.69 Å². The smallest absolute Gasteiger partial charge is 0.0954 e. The van der Waals surface area contributed by atoms with Crippen LogP contribution in [0.2, 0.25) is 0 Å². The van der Waals surface area contributed by atoms with Gasteiger partial charge >= 0.3 is 0 Å². The Morgan fingerprint density at radius 3 is 2.72 bits per heavy atom. The monoisotopic (exact) mass is 315 g/mol. The van der Waals surface area contributed by atoms with E-state index in [0.29, 0.717) is 6.54 Å². The first kappa shape index (κ1) is 17.0. The third-order valence-electron chi connectivity index (χ3n) is 1.87. The fourth-order valence-corrected chi connectivity index (χ4v) is 1.09. The van der Waals surface area contributed by atoms with Crippen molar-refractivity contribution in [2.24, 2.45) is 0 Å². The summed E-state index contributed by atoms with van der Waals surface area (Å²) in [5.74, 6) is 5.98. The van der Waals surface area contributed by atoms with Crippen LogP contribution in [-0.4, -0.2) is 14.5 Å². The fraction of sp³-hybridized carbons (Fsp3) is 0.286. The maximum atomic E-state index is 4.17. The molecule has 0 saturated heterocycles. The molecule has 91 valence electrons. The minimum absolute atomic E-state index is 0. The van der Waals surface area contributed by atoms with E-state index < -0.39 is 0 Å². The normalized spacial score (nSPS) is 8.17. The number of aryl methyl sites for hydroxylation is 1. The molecule has 0 aliphatic carbocycles. The van der Waals surface area contributed by atoms with Crippen LogP contribution in [0.4, 0.5) is 0 Å². The molecule has 0 unspecified atom stereocenters. The Morgan fingerprint density at radius 1 is 1.39 bits per heavy atom. The van der Waals surface area contributed by atoms with Gasteiger partial charge in [0, 0.05) is 45.1 Å². The Hall–Kier alpha value is -0.976. The molecule has 0 aliphatic heterocycles. The van der Waals surface area contributed by atoms with Crippen LogP contribution < -0.4 is 0 Å². The summed E-state index contributed by atoms with van der Waals surface area (Å²) >= 11 is 0. The molecular formula is C14H16N3Y-. The number of hydrogen-bond acceptors (Lipinski definition) is 2. The molecule has 0 fully saturated rings. The molecule has 2 aromatic heterocycles. The van der Waals surface area contributed by atoms with E-state index in [1.807, 2.05) is 31.5 Å². The maximum Gasteiger partial charge on any atom is 0.0954 e. The Morgan fingerprint density at radius 2 is 2.17 bits per heavy atom. The summed E-state index contributed by atoms with van der Waals surface area (Å²) in [5.41, 5.74) is 1.77. The van der Waals surface area contributed by atoms with E-state index in [2.05, 4.69) is 27.9 Å². The molecule has 0 aromatic carbocycles. The van der Waals surface area contributed by atoms with Gasteiger partial charge in [0.1, 0.15) is 0 Å². The van der Waals surface area contributed by atoms with Gasteiger partial charge in [-0.3, -0.25) is 0 Å². The van der Waals surface area contributed by atoms with E-state index >= 15 is 0 Å². The number of aromatic nitrogens is 3. The Kier molecular flexibility index (Phi) is 9.45. The van der Waals surface area contributed by atoms with Crippen LogP contribution in [0.3, 0.4) is 0 Å². The zero-order chi connectivity index (χ0) is 12.5. The van der Waals surface area contributed by atoms with Gasteiger partial charge in [-0.1, -0.05) is 32.9 Å².